The lowest BCUT2D eigenvalue weighted by atomic mass is 10.2. The molecule has 2 aromatic rings. The number of aromatic nitrogens is 2. The van der Waals surface area contributed by atoms with E-state index in [0.717, 1.165) is 47.3 Å². The minimum atomic E-state index is 0.251. The Morgan fingerprint density at radius 3 is 3.21 bits per heavy atom. The fraction of sp³-hybridized carbons (Fsp3) is 0.429. The second kappa shape index (κ2) is 5.43. The van der Waals surface area contributed by atoms with Crippen molar-refractivity contribution in [3.05, 3.63) is 29.0 Å². The van der Waals surface area contributed by atoms with Crippen molar-refractivity contribution in [1.29, 1.82) is 0 Å². The normalized spacial score (nSPS) is 20.5. The highest BCUT2D eigenvalue weighted by atomic mass is 79.9. The van der Waals surface area contributed by atoms with Crippen LogP contribution in [0.25, 0.3) is 11.0 Å². The quantitative estimate of drug-likeness (QED) is 0.809. The molecule has 0 amide bonds. The minimum absolute atomic E-state index is 0.251. The predicted molar refractivity (Wildman–Crippen MR) is 79.5 cm³/mol. The van der Waals surface area contributed by atoms with Crippen LogP contribution in [0.1, 0.15) is 13.3 Å². The third-order valence-corrected chi connectivity index (χ3v) is 3.75. The molecule has 0 spiro atoms. The minimum Gasteiger partial charge on any atom is -0.377 e. The maximum Gasteiger partial charge on any atom is 0.112 e. The molecule has 19 heavy (non-hydrogen) atoms. The van der Waals surface area contributed by atoms with Gasteiger partial charge in [-0.05, 0) is 41.4 Å². The van der Waals surface area contributed by atoms with Crippen LogP contribution in [-0.2, 0) is 4.74 Å². The summed E-state index contributed by atoms with van der Waals surface area (Å²) in [5, 5.41) is 0. The van der Waals surface area contributed by atoms with Crippen LogP contribution in [0.2, 0.25) is 0 Å². The molecule has 4 nitrogen and oxygen atoms in total. The van der Waals surface area contributed by atoms with Gasteiger partial charge in [0.15, 0.2) is 0 Å². The Bertz CT molecular complexity index is 590. The van der Waals surface area contributed by atoms with E-state index in [4.69, 9.17) is 4.74 Å². The van der Waals surface area contributed by atoms with Gasteiger partial charge in [-0.3, -0.25) is 9.97 Å². The van der Waals surface area contributed by atoms with Crippen LogP contribution in [0.4, 0.5) is 5.69 Å². The molecule has 0 aromatic carbocycles. The van der Waals surface area contributed by atoms with Crippen LogP contribution in [0.3, 0.4) is 0 Å². The van der Waals surface area contributed by atoms with Crippen molar-refractivity contribution < 1.29 is 4.74 Å². The monoisotopic (exact) mass is 321 g/mol. The van der Waals surface area contributed by atoms with Gasteiger partial charge in [-0.1, -0.05) is 0 Å². The molecule has 0 saturated carbocycles. The van der Waals surface area contributed by atoms with Crippen LogP contribution in [-0.4, -0.2) is 35.8 Å². The standard InChI is InChI=1S/C14H16BrN3O/c1-10-9-18(5-2-6-19-10)13-3-4-16-12-7-11(15)8-17-14(12)13/h3-4,7-8,10H,2,5-6,9H2,1H3. The molecule has 3 heterocycles. The topological polar surface area (TPSA) is 38.2 Å². The van der Waals surface area contributed by atoms with Gasteiger partial charge < -0.3 is 9.64 Å². The second-order valence-electron chi connectivity index (χ2n) is 4.83. The lowest BCUT2D eigenvalue weighted by Crippen LogP contribution is -2.30. The summed E-state index contributed by atoms with van der Waals surface area (Å²) in [5.41, 5.74) is 3.03. The molecule has 0 bridgehead atoms. The number of fused-ring (bicyclic) bond motifs is 1. The van der Waals surface area contributed by atoms with Gasteiger partial charge in [0.1, 0.15) is 5.52 Å². The van der Waals surface area contributed by atoms with Crippen LogP contribution in [0.5, 0.6) is 0 Å². The average molecular weight is 322 g/mol. The Balaban J connectivity index is 2.03. The fourth-order valence-corrected chi connectivity index (χ4v) is 2.78. The first-order valence-electron chi connectivity index (χ1n) is 6.51. The van der Waals surface area contributed by atoms with Gasteiger partial charge >= 0.3 is 0 Å². The van der Waals surface area contributed by atoms with Gasteiger partial charge in [-0.2, -0.15) is 0 Å². The summed E-state index contributed by atoms with van der Waals surface area (Å²) in [4.78, 5) is 11.3. The summed E-state index contributed by atoms with van der Waals surface area (Å²) in [6.07, 6.45) is 4.97. The molecule has 2 aromatic heterocycles. The Kier molecular flexibility index (Phi) is 3.66. The first kappa shape index (κ1) is 12.8. The molecular weight excluding hydrogens is 306 g/mol. The molecule has 1 aliphatic rings. The summed E-state index contributed by atoms with van der Waals surface area (Å²) in [5.74, 6) is 0. The molecule has 1 fully saturated rings. The molecule has 0 aliphatic carbocycles. The maximum absolute atomic E-state index is 5.70. The van der Waals surface area contributed by atoms with Crippen molar-refractivity contribution in [3.8, 4) is 0 Å². The van der Waals surface area contributed by atoms with Crippen LogP contribution in [0, 0.1) is 0 Å². The second-order valence-corrected chi connectivity index (χ2v) is 5.75. The van der Waals surface area contributed by atoms with E-state index in [2.05, 4.69) is 37.7 Å². The van der Waals surface area contributed by atoms with Crippen LogP contribution >= 0.6 is 15.9 Å². The van der Waals surface area contributed by atoms with Gasteiger partial charge in [0, 0.05) is 36.6 Å². The molecular formula is C14H16BrN3O. The first-order valence-corrected chi connectivity index (χ1v) is 7.30. The van der Waals surface area contributed by atoms with Gasteiger partial charge in [0.05, 0.1) is 17.3 Å². The number of rotatable bonds is 1. The highest BCUT2D eigenvalue weighted by Crippen LogP contribution is 2.26. The summed E-state index contributed by atoms with van der Waals surface area (Å²) < 4.78 is 6.66. The highest BCUT2D eigenvalue weighted by Gasteiger charge is 2.18. The van der Waals surface area contributed by atoms with Gasteiger partial charge in [-0.15, -0.1) is 0 Å². The highest BCUT2D eigenvalue weighted by molar-refractivity contribution is 9.10. The van der Waals surface area contributed by atoms with Crippen LogP contribution < -0.4 is 4.90 Å². The van der Waals surface area contributed by atoms with E-state index in [-0.39, 0.29) is 6.10 Å². The van der Waals surface area contributed by atoms with E-state index in [0.29, 0.717) is 0 Å². The van der Waals surface area contributed by atoms with E-state index in [1.807, 2.05) is 24.5 Å². The summed E-state index contributed by atoms with van der Waals surface area (Å²) >= 11 is 3.44. The average Bonchev–Trinajstić information content (AvgIpc) is 2.62. The van der Waals surface area contributed by atoms with E-state index < -0.39 is 0 Å². The SMILES string of the molecule is CC1CN(c2ccnc3cc(Br)cnc23)CCCO1. The van der Waals surface area contributed by atoms with E-state index >= 15 is 0 Å². The van der Waals surface area contributed by atoms with Crippen molar-refractivity contribution in [2.24, 2.45) is 0 Å². The number of anilines is 1. The van der Waals surface area contributed by atoms with E-state index in [9.17, 15) is 0 Å². The van der Waals surface area contributed by atoms with Crippen molar-refractivity contribution in [1.82, 2.24) is 9.97 Å². The number of hydrogen-bond acceptors (Lipinski definition) is 4. The Labute approximate surface area is 120 Å². The number of halogens is 1. The molecule has 100 valence electrons. The first-order chi connectivity index (χ1) is 9.24. The fourth-order valence-electron chi connectivity index (χ4n) is 2.46. The van der Waals surface area contributed by atoms with Crippen molar-refractivity contribution in [2.45, 2.75) is 19.4 Å². The smallest absolute Gasteiger partial charge is 0.112 e. The van der Waals surface area contributed by atoms with Gasteiger partial charge in [0.2, 0.25) is 0 Å². The molecule has 1 unspecified atom stereocenters. The Morgan fingerprint density at radius 1 is 1.42 bits per heavy atom. The molecule has 5 heteroatoms. The summed E-state index contributed by atoms with van der Waals surface area (Å²) in [6, 6.07) is 4.05. The zero-order valence-electron chi connectivity index (χ0n) is 10.8. The number of nitrogens with zero attached hydrogens (tertiary/aromatic N) is 3. The Hall–Kier alpha value is -1.20. The molecule has 1 aliphatic heterocycles. The third kappa shape index (κ3) is 2.72. The van der Waals surface area contributed by atoms with Crippen molar-refractivity contribution in [3.63, 3.8) is 0 Å². The van der Waals surface area contributed by atoms with Crippen molar-refractivity contribution in [2.75, 3.05) is 24.6 Å². The number of ether oxygens (including phenoxy) is 1. The zero-order valence-corrected chi connectivity index (χ0v) is 12.4. The maximum atomic E-state index is 5.70. The molecule has 3 rings (SSSR count). The van der Waals surface area contributed by atoms with Crippen molar-refractivity contribution >= 4 is 32.7 Å². The van der Waals surface area contributed by atoms with E-state index in [1.165, 1.54) is 0 Å². The predicted octanol–water partition coefficient (Wildman–Crippen LogP) is 3.01. The summed E-state index contributed by atoms with van der Waals surface area (Å²) in [6.45, 7) is 4.85. The lowest BCUT2D eigenvalue weighted by Gasteiger charge is -2.25. The lowest BCUT2D eigenvalue weighted by molar-refractivity contribution is 0.0821. The third-order valence-electron chi connectivity index (χ3n) is 3.32. The van der Waals surface area contributed by atoms with E-state index in [1.54, 1.807) is 0 Å². The molecule has 0 N–H and O–H groups in total. The van der Waals surface area contributed by atoms with Crippen LogP contribution in [0.15, 0.2) is 29.0 Å². The largest absolute Gasteiger partial charge is 0.377 e. The Morgan fingerprint density at radius 2 is 2.32 bits per heavy atom. The zero-order chi connectivity index (χ0) is 13.2. The molecule has 1 atom stereocenters. The summed E-state index contributed by atoms with van der Waals surface area (Å²) in [7, 11) is 0. The number of hydrogen-bond donors (Lipinski definition) is 0. The molecule has 1 saturated heterocycles. The van der Waals surface area contributed by atoms with Gasteiger partial charge in [-0.25, -0.2) is 0 Å². The van der Waals surface area contributed by atoms with Gasteiger partial charge in [0.25, 0.3) is 0 Å². The number of pyridine rings is 2. The molecule has 0 radical (unpaired) electrons.